The van der Waals surface area contributed by atoms with E-state index < -0.39 is 0 Å². The highest BCUT2D eigenvalue weighted by Gasteiger charge is 2.03. The molecular weight excluding hydrogens is 348 g/mol. The van der Waals surface area contributed by atoms with Crippen molar-refractivity contribution in [3.05, 3.63) is 95.6 Å². The number of phenolic OH excluding ortho intramolecular Hbond substituents is 1. The van der Waals surface area contributed by atoms with Gasteiger partial charge in [-0.05, 0) is 47.9 Å². The van der Waals surface area contributed by atoms with Gasteiger partial charge in [0.25, 0.3) is 0 Å². The molecule has 0 bridgehead atoms. The number of hydrogen-bond acceptors (Lipinski definition) is 4. The zero-order valence-electron chi connectivity index (χ0n) is 15.7. The molecule has 28 heavy (non-hydrogen) atoms. The summed E-state index contributed by atoms with van der Waals surface area (Å²) in [5.74, 6) is 0.989. The second-order valence-corrected chi connectivity index (χ2v) is 6.20. The predicted octanol–water partition coefficient (Wildman–Crippen LogP) is 5.35. The number of ether oxygens (including phenoxy) is 1. The van der Waals surface area contributed by atoms with E-state index in [-0.39, 0.29) is 11.7 Å². The van der Waals surface area contributed by atoms with Crippen LogP contribution >= 0.6 is 0 Å². The Kier molecular flexibility index (Phi) is 8.12. The quantitative estimate of drug-likeness (QED) is 0.656. The van der Waals surface area contributed by atoms with Crippen molar-refractivity contribution in [2.75, 3.05) is 0 Å². The summed E-state index contributed by atoms with van der Waals surface area (Å²) in [6, 6.07) is 28.6. The maximum atomic E-state index is 8.84. The molecule has 1 atom stereocenters. The highest BCUT2D eigenvalue weighted by atomic mass is 16.5. The van der Waals surface area contributed by atoms with Crippen LogP contribution in [0.5, 0.6) is 11.5 Å². The maximum Gasteiger partial charge on any atom is 0.119 e. The third-order valence-corrected chi connectivity index (χ3v) is 4.04. The summed E-state index contributed by atoms with van der Waals surface area (Å²) in [7, 11) is 0. The molecule has 0 fully saturated rings. The van der Waals surface area contributed by atoms with E-state index >= 15 is 0 Å². The van der Waals surface area contributed by atoms with Gasteiger partial charge in [-0.1, -0.05) is 54.6 Å². The molecule has 0 spiro atoms. The molecule has 3 rings (SSSR count). The van der Waals surface area contributed by atoms with Crippen LogP contribution in [-0.2, 0) is 13.0 Å². The summed E-state index contributed by atoms with van der Waals surface area (Å²) < 4.78 is 5.68. The van der Waals surface area contributed by atoms with Crippen LogP contribution < -0.4 is 4.74 Å². The fourth-order valence-electron chi connectivity index (χ4n) is 2.37. The number of nitrogens with zero attached hydrogens (tertiary/aromatic N) is 2. The first-order chi connectivity index (χ1) is 13.6. The first kappa shape index (κ1) is 20.6. The SMILES string of the molecule is CC(C#N)c1ccc(OCc2ccccc2)cc1.N#CCc1ccc(O)cc1. The topological polar surface area (TPSA) is 77.0 Å². The molecule has 0 saturated heterocycles. The minimum Gasteiger partial charge on any atom is -0.508 e. The van der Waals surface area contributed by atoms with E-state index in [1.807, 2.05) is 67.6 Å². The Bertz CT molecular complexity index is 922. The first-order valence-electron chi connectivity index (χ1n) is 8.93. The van der Waals surface area contributed by atoms with Crippen LogP contribution in [0.2, 0.25) is 0 Å². The molecule has 4 nitrogen and oxygen atoms in total. The van der Waals surface area contributed by atoms with Crippen LogP contribution in [0.4, 0.5) is 0 Å². The Morgan fingerprint density at radius 2 is 1.50 bits per heavy atom. The standard InChI is InChI=1S/C16H15NO.C8H7NO/c1-13(11-17)15-7-9-16(10-8-15)18-12-14-5-3-2-4-6-14;9-6-5-7-1-3-8(10)4-2-7/h2-10,13H,12H2,1H3;1-4,10H,5H2. The number of rotatable bonds is 5. The Balaban J connectivity index is 0.000000237. The summed E-state index contributed by atoms with van der Waals surface area (Å²) in [5, 5.41) is 25.9. The van der Waals surface area contributed by atoms with Gasteiger partial charge in [0.1, 0.15) is 18.1 Å². The van der Waals surface area contributed by atoms with E-state index in [1.54, 1.807) is 24.3 Å². The lowest BCUT2D eigenvalue weighted by Gasteiger charge is -2.08. The van der Waals surface area contributed by atoms with Crippen molar-refractivity contribution in [1.29, 1.82) is 10.5 Å². The first-order valence-corrected chi connectivity index (χ1v) is 8.93. The summed E-state index contributed by atoms with van der Waals surface area (Å²) in [6.45, 7) is 2.45. The van der Waals surface area contributed by atoms with Crippen molar-refractivity contribution >= 4 is 0 Å². The number of aromatic hydroxyl groups is 1. The zero-order chi connectivity index (χ0) is 20.2. The van der Waals surface area contributed by atoms with Crippen LogP contribution in [-0.4, -0.2) is 5.11 Å². The van der Waals surface area contributed by atoms with Gasteiger partial charge in [-0.25, -0.2) is 0 Å². The molecule has 0 saturated carbocycles. The van der Waals surface area contributed by atoms with Gasteiger partial charge in [0.15, 0.2) is 0 Å². The molecule has 0 radical (unpaired) electrons. The van der Waals surface area contributed by atoms with Gasteiger partial charge >= 0.3 is 0 Å². The number of nitriles is 2. The van der Waals surface area contributed by atoms with Gasteiger partial charge in [0.05, 0.1) is 24.5 Å². The van der Waals surface area contributed by atoms with Gasteiger partial charge in [-0.2, -0.15) is 10.5 Å². The highest BCUT2D eigenvalue weighted by molar-refractivity contribution is 5.31. The Hall–Kier alpha value is -3.76. The van der Waals surface area contributed by atoms with Crippen molar-refractivity contribution in [3.63, 3.8) is 0 Å². The summed E-state index contributed by atoms with van der Waals surface area (Å²) in [4.78, 5) is 0. The van der Waals surface area contributed by atoms with Crippen molar-refractivity contribution < 1.29 is 9.84 Å². The Morgan fingerprint density at radius 1 is 0.857 bits per heavy atom. The molecule has 4 heteroatoms. The average molecular weight is 370 g/mol. The van der Waals surface area contributed by atoms with E-state index in [0.29, 0.717) is 13.0 Å². The van der Waals surface area contributed by atoms with Crippen LogP contribution in [0.25, 0.3) is 0 Å². The van der Waals surface area contributed by atoms with Gasteiger partial charge < -0.3 is 9.84 Å². The summed E-state index contributed by atoms with van der Waals surface area (Å²) >= 11 is 0. The van der Waals surface area contributed by atoms with Crippen molar-refractivity contribution in [2.45, 2.75) is 25.9 Å². The van der Waals surface area contributed by atoms with E-state index in [9.17, 15) is 0 Å². The third-order valence-electron chi connectivity index (χ3n) is 4.04. The highest BCUT2D eigenvalue weighted by Crippen LogP contribution is 2.19. The maximum absolute atomic E-state index is 8.84. The lowest BCUT2D eigenvalue weighted by Crippen LogP contribution is -1.95. The molecule has 3 aromatic carbocycles. The molecule has 0 aliphatic heterocycles. The van der Waals surface area contributed by atoms with Gasteiger partial charge in [0.2, 0.25) is 0 Å². The molecule has 0 heterocycles. The fraction of sp³-hybridized carbons (Fsp3) is 0.167. The lowest BCUT2D eigenvalue weighted by atomic mass is 10.0. The molecule has 140 valence electrons. The normalized spacial score (nSPS) is 10.5. The fourth-order valence-corrected chi connectivity index (χ4v) is 2.37. The molecule has 0 aliphatic carbocycles. The molecule has 0 aliphatic rings. The monoisotopic (exact) mass is 370 g/mol. The van der Waals surface area contributed by atoms with E-state index in [0.717, 1.165) is 22.4 Å². The second kappa shape index (κ2) is 11.1. The predicted molar refractivity (Wildman–Crippen MR) is 109 cm³/mol. The molecular formula is C24H22N2O2. The molecule has 3 aromatic rings. The smallest absolute Gasteiger partial charge is 0.119 e. The van der Waals surface area contributed by atoms with E-state index in [1.165, 1.54) is 0 Å². The lowest BCUT2D eigenvalue weighted by molar-refractivity contribution is 0.306. The minimum atomic E-state index is -0.0758. The minimum absolute atomic E-state index is 0.0758. The molecule has 1 N–H and O–H groups in total. The molecule has 1 unspecified atom stereocenters. The van der Waals surface area contributed by atoms with Crippen molar-refractivity contribution in [1.82, 2.24) is 0 Å². The van der Waals surface area contributed by atoms with Crippen molar-refractivity contribution in [3.8, 4) is 23.6 Å². The van der Waals surface area contributed by atoms with Crippen LogP contribution in [0.15, 0.2) is 78.9 Å². The van der Waals surface area contributed by atoms with E-state index in [2.05, 4.69) is 6.07 Å². The average Bonchev–Trinajstić information content (AvgIpc) is 2.75. The number of benzene rings is 3. The molecule has 0 aromatic heterocycles. The molecule has 0 amide bonds. The number of hydrogen-bond donors (Lipinski definition) is 1. The largest absolute Gasteiger partial charge is 0.508 e. The van der Waals surface area contributed by atoms with Gasteiger partial charge in [-0.3, -0.25) is 0 Å². The Labute approximate surface area is 165 Å². The second-order valence-electron chi connectivity index (χ2n) is 6.20. The van der Waals surface area contributed by atoms with Gasteiger partial charge in [0, 0.05) is 0 Å². The van der Waals surface area contributed by atoms with Crippen LogP contribution in [0.1, 0.15) is 29.5 Å². The van der Waals surface area contributed by atoms with Gasteiger partial charge in [-0.15, -0.1) is 0 Å². The zero-order valence-corrected chi connectivity index (χ0v) is 15.7. The van der Waals surface area contributed by atoms with E-state index in [4.69, 9.17) is 20.4 Å². The van der Waals surface area contributed by atoms with Crippen LogP contribution in [0, 0.1) is 22.7 Å². The van der Waals surface area contributed by atoms with Crippen molar-refractivity contribution in [2.24, 2.45) is 0 Å². The third kappa shape index (κ3) is 6.86. The Morgan fingerprint density at radius 3 is 2.07 bits per heavy atom. The summed E-state index contributed by atoms with van der Waals surface area (Å²) in [6.07, 6.45) is 0.403. The summed E-state index contributed by atoms with van der Waals surface area (Å²) in [5.41, 5.74) is 3.09. The van der Waals surface area contributed by atoms with Crippen LogP contribution in [0.3, 0.4) is 0 Å². The number of phenols is 1.